The Morgan fingerprint density at radius 1 is 1.10 bits per heavy atom. The number of piperidine rings is 1. The van der Waals surface area contributed by atoms with Gasteiger partial charge >= 0.3 is 0 Å². The molecule has 1 amide bonds. The number of rotatable bonds is 5. The van der Waals surface area contributed by atoms with Gasteiger partial charge in [-0.25, -0.2) is 9.97 Å². The maximum Gasteiger partial charge on any atom is 0.263 e. The van der Waals surface area contributed by atoms with Gasteiger partial charge in [-0.3, -0.25) is 4.79 Å². The zero-order chi connectivity index (χ0) is 20.9. The van der Waals surface area contributed by atoms with E-state index in [0.717, 1.165) is 30.6 Å². The van der Waals surface area contributed by atoms with Crippen molar-refractivity contribution in [2.75, 3.05) is 23.3 Å². The molecular weight excluding hydrogens is 400 g/mol. The molecule has 1 N–H and O–H groups in total. The van der Waals surface area contributed by atoms with Gasteiger partial charge in [-0.1, -0.05) is 29.3 Å². The third kappa shape index (κ3) is 4.89. The zero-order valence-electron chi connectivity index (χ0n) is 16.7. The van der Waals surface area contributed by atoms with Gasteiger partial charge < -0.3 is 15.0 Å². The van der Waals surface area contributed by atoms with Crippen LogP contribution in [0.3, 0.4) is 0 Å². The van der Waals surface area contributed by atoms with Crippen molar-refractivity contribution >= 4 is 29.0 Å². The molecule has 1 fully saturated rings. The zero-order valence-corrected chi connectivity index (χ0v) is 17.5. The summed E-state index contributed by atoms with van der Waals surface area (Å²) in [5, 5.41) is 3.62. The molecule has 4 rings (SSSR count). The molecule has 3 aromatic rings. The van der Waals surface area contributed by atoms with E-state index in [4.69, 9.17) is 16.3 Å². The molecule has 0 radical (unpaired) electrons. The predicted molar refractivity (Wildman–Crippen MR) is 118 cm³/mol. The van der Waals surface area contributed by atoms with Gasteiger partial charge in [0.25, 0.3) is 5.88 Å². The van der Waals surface area contributed by atoms with Crippen LogP contribution in [0, 0.1) is 12.8 Å². The van der Waals surface area contributed by atoms with Crippen LogP contribution in [0.4, 0.5) is 11.5 Å². The number of benzene rings is 2. The van der Waals surface area contributed by atoms with Crippen molar-refractivity contribution in [2.45, 2.75) is 19.8 Å². The Kier molecular flexibility index (Phi) is 6.14. The van der Waals surface area contributed by atoms with Crippen LogP contribution < -0.4 is 15.0 Å². The topological polar surface area (TPSA) is 67.4 Å². The normalized spacial score (nSPS) is 16.2. The lowest BCUT2D eigenvalue weighted by molar-refractivity contribution is -0.120. The minimum Gasteiger partial charge on any atom is -0.436 e. The molecule has 30 heavy (non-hydrogen) atoms. The molecule has 1 aliphatic heterocycles. The van der Waals surface area contributed by atoms with Crippen LogP contribution in [0.25, 0.3) is 0 Å². The first kappa shape index (κ1) is 20.2. The minimum atomic E-state index is -0.149. The Morgan fingerprint density at radius 2 is 1.83 bits per heavy atom. The highest BCUT2D eigenvalue weighted by Crippen LogP contribution is 2.31. The predicted octanol–water partition coefficient (Wildman–Crippen LogP) is 5.09. The molecule has 1 saturated heterocycles. The van der Waals surface area contributed by atoms with E-state index >= 15 is 0 Å². The molecule has 2 aromatic carbocycles. The van der Waals surface area contributed by atoms with Gasteiger partial charge in [0.2, 0.25) is 5.91 Å². The van der Waals surface area contributed by atoms with Gasteiger partial charge in [-0.05, 0) is 56.2 Å². The van der Waals surface area contributed by atoms with Crippen molar-refractivity contribution in [1.29, 1.82) is 0 Å². The number of nitrogens with zero attached hydrogens (tertiary/aromatic N) is 3. The molecule has 1 atom stereocenters. The summed E-state index contributed by atoms with van der Waals surface area (Å²) in [5.74, 6) is 1.65. The van der Waals surface area contributed by atoms with Crippen LogP contribution in [-0.4, -0.2) is 29.0 Å². The summed E-state index contributed by atoms with van der Waals surface area (Å²) in [7, 11) is 0. The molecule has 1 aromatic heterocycles. The highest BCUT2D eigenvalue weighted by molar-refractivity contribution is 6.30. The fraction of sp³-hybridized carbons (Fsp3) is 0.261. The Hall–Kier alpha value is -3.12. The molecule has 2 heterocycles. The quantitative estimate of drug-likeness (QED) is 0.620. The Labute approximate surface area is 180 Å². The van der Waals surface area contributed by atoms with Crippen molar-refractivity contribution in [1.82, 2.24) is 9.97 Å². The number of ether oxygens (including phenoxy) is 1. The van der Waals surface area contributed by atoms with Crippen molar-refractivity contribution in [3.05, 3.63) is 71.5 Å². The van der Waals surface area contributed by atoms with Crippen LogP contribution >= 0.6 is 11.6 Å². The van der Waals surface area contributed by atoms with E-state index in [2.05, 4.69) is 20.2 Å². The smallest absolute Gasteiger partial charge is 0.263 e. The van der Waals surface area contributed by atoms with E-state index < -0.39 is 0 Å². The number of hydrogen-bond donors (Lipinski definition) is 1. The third-order valence-electron chi connectivity index (χ3n) is 5.09. The first-order chi connectivity index (χ1) is 14.6. The lowest BCUT2D eigenvalue weighted by Gasteiger charge is -2.33. The number of carbonyl (C=O) groups is 1. The lowest BCUT2D eigenvalue weighted by atomic mass is 9.97. The number of nitrogens with one attached hydrogen (secondary N) is 1. The lowest BCUT2D eigenvalue weighted by Crippen LogP contribution is -2.41. The third-order valence-corrected chi connectivity index (χ3v) is 5.34. The molecule has 0 bridgehead atoms. The van der Waals surface area contributed by atoms with Crippen molar-refractivity contribution in [3.8, 4) is 11.6 Å². The maximum absolute atomic E-state index is 12.8. The van der Waals surface area contributed by atoms with Crippen molar-refractivity contribution in [3.63, 3.8) is 0 Å². The molecule has 0 spiro atoms. The van der Waals surface area contributed by atoms with E-state index in [-0.39, 0.29) is 11.8 Å². The monoisotopic (exact) mass is 422 g/mol. The van der Waals surface area contributed by atoms with Gasteiger partial charge in [-0.2, -0.15) is 0 Å². The molecule has 1 unspecified atom stereocenters. The number of halogens is 1. The number of anilines is 2. The fourth-order valence-corrected chi connectivity index (χ4v) is 3.61. The number of carbonyl (C=O) groups excluding carboxylic acids is 1. The minimum absolute atomic E-state index is 0.00749. The number of amides is 1. The molecule has 0 aliphatic carbocycles. The standard InChI is InChI=1S/C23H23ClN4O2/c1-16-4-10-20(11-5-16)30-23-21(25-12-13-26-23)28-14-2-3-17(15-28)22(29)27-19-8-6-18(24)7-9-19/h4-13,17H,2-3,14-15H2,1H3,(H,27,29). The number of aromatic nitrogens is 2. The van der Waals surface area contributed by atoms with Crippen LogP contribution in [-0.2, 0) is 4.79 Å². The van der Waals surface area contributed by atoms with Crippen molar-refractivity contribution < 1.29 is 9.53 Å². The SMILES string of the molecule is Cc1ccc(Oc2nccnc2N2CCCC(C(=O)Nc3ccc(Cl)cc3)C2)cc1. The average Bonchev–Trinajstić information content (AvgIpc) is 2.77. The fourth-order valence-electron chi connectivity index (χ4n) is 3.49. The second-order valence-electron chi connectivity index (χ2n) is 7.38. The Balaban J connectivity index is 1.47. The van der Waals surface area contributed by atoms with E-state index in [1.807, 2.05) is 31.2 Å². The van der Waals surface area contributed by atoms with E-state index in [1.54, 1.807) is 36.7 Å². The molecule has 6 nitrogen and oxygen atoms in total. The highest BCUT2D eigenvalue weighted by atomic mass is 35.5. The summed E-state index contributed by atoms with van der Waals surface area (Å²) in [6.07, 6.45) is 4.97. The number of aryl methyl sites for hydroxylation is 1. The first-order valence-electron chi connectivity index (χ1n) is 9.95. The summed E-state index contributed by atoms with van der Waals surface area (Å²) in [6.45, 7) is 3.39. The van der Waals surface area contributed by atoms with E-state index in [0.29, 0.717) is 29.0 Å². The van der Waals surface area contributed by atoms with Gasteiger partial charge in [0, 0.05) is 36.2 Å². The average molecular weight is 423 g/mol. The largest absolute Gasteiger partial charge is 0.436 e. The summed E-state index contributed by atoms with van der Waals surface area (Å²) < 4.78 is 5.99. The molecular formula is C23H23ClN4O2. The van der Waals surface area contributed by atoms with Crippen molar-refractivity contribution in [2.24, 2.45) is 5.92 Å². The van der Waals surface area contributed by atoms with Gasteiger partial charge in [-0.15, -0.1) is 0 Å². The summed E-state index contributed by atoms with van der Waals surface area (Å²) in [4.78, 5) is 23.7. The van der Waals surface area contributed by atoms with E-state index in [1.165, 1.54) is 0 Å². The van der Waals surface area contributed by atoms with Gasteiger partial charge in [0.05, 0.1) is 5.92 Å². The van der Waals surface area contributed by atoms with Crippen LogP contribution in [0.2, 0.25) is 5.02 Å². The molecule has 1 aliphatic rings. The maximum atomic E-state index is 12.8. The Morgan fingerprint density at radius 3 is 2.60 bits per heavy atom. The van der Waals surface area contributed by atoms with Gasteiger partial charge in [0.15, 0.2) is 5.82 Å². The number of hydrogen-bond acceptors (Lipinski definition) is 5. The second-order valence-corrected chi connectivity index (χ2v) is 7.82. The van der Waals surface area contributed by atoms with Crippen LogP contribution in [0.5, 0.6) is 11.6 Å². The summed E-state index contributed by atoms with van der Waals surface area (Å²) in [6, 6.07) is 14.9. The molecule has 154 valence electrons. The van der Waals surface area contributed by atoms with E-state index in [9.17, 15) is 4.79 Å². The summed E-state index contributed by atoms with van der Waals surface area (Å²) >= 11 is 5.92. The molecule has 7 heteroatoms. The van der Waals surface area contributed by atoms with Gasteiger partial charge in [0.1, 0.15) is 5.75 Å². The molecule has 0 saturated carbocycles. The first-order valence-corrected chi connectivity index (χ1v) is 10.3. The van der Waals surface area contributed by atoms with Crippen LogP contribution in [0.1, 0.15) is 18.4 Å². The Bertz CT molecular complexity index is 1010. The summed E-state index contributed by atoms with van der Waals surface area (Å²) in [5.41, 5.74) is 1.90. The highest BCUT2D eigenvalue weighted by Gasteiger charge is 2.28. The van der Waals surface area contributed by atoms with Crippen LogP contribution in [0.15, 0.2) is 60.9 Å². The second kappa shape index (κ2) is 9.13.